The average molecular weight is 152 g/mol. The first-order chi connectivity index (χ1) is 4.92. The van der Waals surface area contributed by atoms with Gasteiger partial charge in [0.25, 0.3) is 0 Å². The molecule has 2 N–H and O–H groups in total. The molecule has 1 rings (SSSR count). The van der Waals surface area contributed by atoms with Crippen molar-refractivity contribution in [2.24, 2.45) is 11.7 Å². The molecule has 0 aromatic rings. The SMILES string of the molecule is [C-]#[N+]C1(C(C)C)CC(C)(N)C1. The van der Waals surface area contributed by atoms with Gasteiger partial charge in [0.15, 0.2) is 0 Å². The molecular weight excluding hydrogens is 136 g/mol. The molecule has 62 valence electrons. The van der Waals surface area contributed by atoms with Crippen molar-refractivity contribution in [2.75, 3.05) is 0 Å². The van der Waals surface area contributed by atoms with E-state index < -0.39 is 0 Å². The zero-order valence-corrected chi connectivity index (χ0v) is 7.52. The maximum atomic E-state index is 7.08. The molecule has 0 radical (unpaired) electrons. The zero-order chi connectivity index (χ0) is 8.70. The lowest BCUT2D eigenvalue weighted by Crippen LogP contribution is -2.60. The van der Waals surface area contributed by atoms with E-state index in [0.717, 1.165) is 12.8 Å². The van der Waals surface area contributed by atoms with E-state index >= 15 is 0 Å². The van der Waals surface area contributed by atoms with E-state index in [2.05, 4.69) is 18.7 Å². The van der Waals surface area contributed by atoms with Gasteiger partial charge < -0.3 is 10.6 Å². The minimum Gasteiger partial charge on any atom is -0.325 e. The van der Waals surface area contributed by atoms with Gasteiger partial charge in [-0.3, -0.25) is 0 Å². The Bertz CT molecular complexity index is 190. The van der Waals surface area contributed by atoms with Gasteiger partial charge >= 0.3 is 0 Å². The van der Waals surface area contributed by atoms with E-state index in [9.17, 15) is 0 Å². The third-order valence-electron chi connectivity index (χ3n) is 2.72. The Labute approximate surface area is 68.6 Å². The van der Waals surface area contributed by atoms with Gasteiger partial charge in [-0.1, -0.05) is 13.8 Å². The number of nitrogens with two attached hydrogens (primary N) is 1. The predicted octanol–water partition coefficient (Wildman–Crippen LogP) is 1.81. The smallest absolute Gasteiger partial charge is 0.238 e. The molecule has 2 nitrogen and oxygen atoms in total. The summed E-state index contributed by atoms with van der Waals surface area (Å²) in [6, 6.07) is 0. The second kappa shape index (κ2) is 2.22. The summed E-state index contributed by atoms with van der Waals surface area (Å²) >= 11 is 0. The van der Waals surface area contributed by atoms with Crippen LogP contribution in [0.25, 0.3) is 4.85 Å². The maximum Gasteiger partial charge on any atom is 0.238 e. The standard InChI is InChI=1S/C9H16N2/c1-7(2)9(11-4)5-8(3,10)6-9/h7H,5-6,10H2,1-3H3. The number of rotatable bonds is 1. The molecule has 0 unspecified atom stereocenters. The molecule has 0 atom stereocenters. The van der Waals surface area contributed by atoms with Gasteiger partial charge in [0.05, 0.1) is 0 Å². The fourth-order valence-corrected chi connectivity index (χ4v) is 1.96. The molecular formula is C9H16N2. The first-order valence-corrected chi connectivity index (χ1v) is 4.09. The summed E-state index contributed by atoms with van der Waals surface area (Å²) in [6.07, 6.45) is 1.72. The van der Waals surface area contributed by atoms with Crippen LogP contribution in [0.3, 0.4) is 0 Å². The maximum absolute atomic E-state index is 7.08. The molecule has 2 heteroatoms. The van der Waals surface area contributed by atoms with Crippen LogP contribution >= 0.6 is 0 Å². The van der Waals surface area contributed by atoms with Crippen LogP contribution in [0.4, 0.5) is 0 Å². The van der Waals surface area contributed by atoms with Crippen molar-refractivity contribution in [1.82, 2.24) is 0 Å². The van der Waals surface area contributed by atoms with Crippen molar-refractivity contribution in [3.63, 3.8) is 0 Å². The molecule has 1 fully saturated rings. The molecule has 0 amide bonds. The Morgan fingerprint density at radius 1 is 1.45 bits per heavy atom. The first-order valence-electron chi connectivity index (χ1n) is 4.09. The van der Waals surface area contributed by atoms with Crippen LogP contribution in [0.15, 0.2) is 0 Å². The normalized spacial score (nSPS) is 43.3. The largest absolute Gasteiger partial charge is 0.325 e. The number of hydrogen-bond acceptors (Lipinski definition) is 1. The van der Waals surface area contributed by atoms with Crippen molar-refractivity contribution in [2.45, 2.75) is 44.7 Å². The van der Waals surface area contributed by atoms with Crippen LogP contribution in [0, 0.1) is 12.5 Å². The summed E-state index contributed by atoms with van der Waals surface area (Å²) in [6.45, 7) is 13.3. The molecule has 1 aliphatic rings. The van der Waals surface area contributed by atoms with Crippen molar-refractivity contribution < 1.29 is 0 Å². The summed E-state index contributed by atoms with van der Waals surface area (Å²) < 4.78 is 0. The molecule has 1 saturated carbocycles. The predicted molar refractivity (Wildman–Crippen MR) is 46.0 cm³/mol. The Kier molecular flexibility index (Phi) is 1.72. The lowest BCUT2D eigenvalue weighted by atomic mass is 9.60. The van der Waals surface area contributed by atoms with Crippen LogP contribution < -0.4 is 5.73 Å². The third kappa shape index (κ3) is 1.25. The average Bonchev–Trinajstić information content (AvgIpc) is 1.81. The molecule has 1 aliphatic carbocycles. The van der Waals surface area contributed by atoms with Crippen LogP contribution in [-0.2, 0) is 0 Å². The fourth-order valence-electron chi connectivity index (χ4n) is 1.96. The van der Waals surface area contributed by atoms with Crippen molar-refractivity contribution in [1.29, 1.82) is 0 Å². The Hall–Kier alpha value is -0.550. The second-order valence-electron chi connectivity index (χ2n) is 4.38. The highest BCUT2D eigenvalue weighted by molar-refractivity contribution is 5.18. The van der Waals surface area contributed by atoms with Crippen molar-refractivity contribution >= 4 is 0 Å². The van der Waals surface area contributed by atoms with Crippen LogP contribution in [0.5, 0.6) is 0 Å². The van der Waals surface area contributed by atoms with E-state index in [0.29, 0.717) is 5.92 Å². The highest BCUT2D eigenvalue weighted by atomic mass is 14.9. The summed E-state index contributed by atoms with van der Waals surface area (Å²) in [7, 11) is 0. The van der Waals surface area contributed by atoms with E-state index in [1.54, 1.807) is 0 Å². The van der Waals surface area contributed by atoms with Gasteiger partial charge in [0, 0.05) is 24.3 Å². The second-order valence-corrected chi connectivity index (χ2v) is 4.38. The molecule has 0 aromatic heterocycles. The van der Waals surface area contributed by atoms with Gasteiger partial charge in [-0.2, -0.15) is 0 Å². The van der Waals surface area contributed by atoms with Gasteiger partial charge in [-0.05, 0) is 6.92 Å². The molecule has 11 heavy (non-hydrogen) atoms. The Morgan fingerprint density at radius 2 is 1.91 bits per heavy atom. The van der Waals surface area contributed by atoms with E-state index in [1.807, 2.05) is 6.92 Å². The lowest BCUT2D eigenvalue weighted by Gasteiger charge is -2.46. The highest BCUT2D eigenvalue weighted by Gasteiger charge is 2.57. The van der Waals surface area contributed by atoms with E-state index in [-0.39, 0.29) is 11.1 Å². The summed E-state index contributed by atoms with van der Waals surface area (Å²) in [4.78, 5) is 3.69. The zero-order valence-electron chi connectivity index (χ0n) is 7.52. The van der Waals surface area contributed by atoms with Gasteiger partial charge in [-0.15, -0.1) is 0 Å². The van der Waals surface area contributed by atoms with E-state index in [4.69, 9.17) is 12.3 Å². The van der Waals surface area contributed by atoms with E-state index in [1.165, 1.54) is 0 Å². The molecule has 0 saturated heterocycles. The Balaban J connectivity index is 2.67. The van der Waals surface area contributed by atoms with Gasteiger partial charge in [0.2, 0.25) is 5.54 Å². The quantitative estimate of drug-likeness (QED) is 0.571. The number of nitrogens with zero attached hydrogens (tertiary/aromatic N) is 1. The minimum atomic E-state index is -0.135. The van der Waals surface area contributed by atoms with Crippen LogP contribution in [-0.4, -0.2) is 11.1 Å². The summed E-state index contributed by atoms with van der Waals surface area (Å²) in [5, 5.41) is 0. The molecule has 0 bridgehead atoms. The van der Waals surface area contributed by atoms with Crippen molar-refractivity contribution in [3.05, 3.63) is 11.4 Å². The van der Waals surface area contributed by atoms with Gasteiger partial charge in [0.1, 0.15) is 0 Å². The highest BCUT2D eigenvalue weighted by Crippen LogP contribution is 2.47. The number of hydrogen-bond donors (Lipinski definition) is 1. The fraction of sp³-hybridized carbons (Fsp3) is 0.889. The lowest BCUT2D eigenvalue weighted by molar-refractivity contribution is 0.117. The van der Waals surface area contributed by atoms with Crippen LogP contribution in [0.1, 0.15) is 33.6 Å². The Morgan fingerprint density at radius 3 is 2.00 bits per heavy atom. The van der Waals surface area contributed by atoms with Crippen LogP contribution in [0.2, 0.25) is 0 Å². The monoisotopic (exact) mass is 152 g/mol. The third-order valence-corrected chi connectivity index (χ3v) is 2.72. The summed E-state index contributed by atoms with van der Waals surface area (Å²) in [5.74, 6) is 0.441. The molecule has 0 aliphatic heterocycles. The minimum absolute atomic E-state index is 0.0746. The first kappa shape index (κ1) is 8.55. The molecule has 0 heterocycles. The molecule has 0 spiro atoms. The summed E-state index contributed by atoms with van der Waals surface area (Å²) in [5.41, 5.74) is 5.66. The van der Waals surface area contributed by atoms with Gasteiger partial charge in [-0.25, -0.2) is 6.57 Å². The molecule has 0 aromatic carbocycles. The van der Waals surface area contributed by atoms with Crippen molar-refractivity contribution in [3.8, 4) is 0 Å². The topological polar surface area (TPSA) is 30.4 Å².